The topological polar surface area (TPSA) is 78.5 Å². The van der Waals surface area contributed by atoms with E-state index < -0.39 is 0 Å². The molecule has 0 unspecified atom stereocenters. The van der Waals surface area contributed by atoms with Crippen LogP contribution in [-0.4, -0.2) is 24.3 Å². The van der Waals surface area contributed by atoms with E-state index in [1.54, 1.807) is 35.2 Å². The number of nitrogens with zero attached hydrogens (tertiary/aromatic N) is 1. The highest BCUT2D eigenvalue weighted by atomic mass is 32.1. The van der Waals surface area contributed by atoms with Gasteiger partial charge in [0.15, 0.2) is 0 Å². The summed E-state index contributed by atoms with van der Waals surface area (Å²) in [4.78, 5) is 40.2. The SMILES string of the molecule is O=C(NCc1cccc(N2CCCC2=O)c1)/C(=C/c1cccs1)NC(=O)c1ccccc1. The first kappa shape index (κ1) is 21.5. The maximum absolute atomic E-state index is 12.9. The number of amides is 3. The Bertz CT molecular complexity index is 1140. The highest BCUT2D eigenvalue weighted by molar-refractivity contribution is 7.10. The fourth-order valence-electron chi connectivity index (χ4n) is 3.49. The van der Waals surface area contributed by atoms with Crippen LogP contribution in [0.2, 0.25) is 0 Å². The van der Waals surface area contributed by atoms with Crippen LogP contribution in [0.4, 0.5) is 5.69 Å². The van der Waals surface area contributed by atoms with E-state index in [0.717, 1.165) is 22.5 Å². The van der Waals surface area contributed by atoms with Gasteiger partial charge in [0, 0.05) is 35.6 Å². The smallest absolute Gasteiger partial charge is 0.268 e. The second-order valence-electron chi connectivity index (χ2n) is 7.40. The molecule has 32 heavy (non-hydrogen) atoms. The molecule has 0 bridgehead atoms. The van der Waals surface area contributed by atoms with Gasteiger partial charge in [-0.15, -0.1) is 11.3 Å². The van der Waals surface area contributed by atoms with Gasteiger partial charge in [0.1, 0.15) is 5.70 Å². The number of benzene rings is 2. The largest absolute Gasteiger partial charge is 0.347 e. The van der Waals surface area contributed by atoms with Gasteiger partial charge < -0.3 is 15.5 Å². The minimum Gasteiger partial charge on any atom is -0.347 e. The lowest BCUT2D eigenvalue weighted by Crippen LogP contribution is -2.34. The van der Waals surface area contributed by atoms with Crippen molar-refractivity contribution >= 4 is 40.8 Å². The highest BCUT2D eigenvalue weighted by Gasteiger charge is 2.22. The summed E-state index contributed by atoms with van der Waals surface area (Å²) in [7, 11) is 0. The number of thiophene rings is 1. The lowest BCUT2D eigenvalue weighted by atomic mass is 10.1. The molecule has 1 aliphatic heterocycles. The summed E-state index contributed by atoms with van der Waals surface area (Å²) in [5.41, 5.74) is 2.36. The molecular weight excluding hydrogens is 422 g/mol. The Hall–Kier alpha value is -3.71. The number of rotatable bonds is 7. The Labute approximate surface area is 190 Å². The van der Waals surface area contributed by atoms with E-state index in [4.69, 9.17) is 0 Å². The average molecular weight is 446 g/mol. The molecule has 7 heteroatoms. The van der Waals surface area contributed by atoms with Gasteiger partial charge >= 0.3 is 0 Å². The van der Waals surface area contributed by atoms with Crippen molar-refractivity contribution in [1.82, 2.24) is 10.6 Å². The molecule has 1 aliphatic rings. The van der Waals surface area contributed by atoms with Crippen molar-refractivity contribution in [3.05, 3.63) is 93.8 Å². The van der Waals surface area contributed by atoms with Gasteiger partial charge in [-0.3, -0.25) is 14.4 Å². The van der Waals surface area contributed by atoms with E-state index in [0.29, 0.717) is 18.5 Å². The molecule has 1 aromatic heterocycles. The molecule has 1 fully saturated rings. The maximum Gasteiger partial charge on any atom is 0.268 e. The minimum absolute atomic E-state index is 0.121. The molecule has 0 saturated carbocycles. The first-order valence-electron chi connectivity index (χ1n) is 10.4. The van der Waals surface area contributed by atoms with Crippen molar-refractivity contribution in [3.63, 3.8) is 0 Å². The van der Waals surface area contributed by atoms with Crippen LogP contribution in [-0.2, 0) is 16.1 Å². The number of carbonyl (C=O) groups excluding carboxylic acids is 3. The maximum atomic E-state index is 12.9. The first-order chi connectivity index (χ1) is 15.6. The molecule has 0 aliphatic carbocycles. The van der Waals surface area contributed by atoms with Gasteiger partial charge in [-0.2, -0.15) is 0 Å². The van der Waals surface area contributed by atoms with Gasteiger partial charge in [0.25, 0.3) is 11.8 Å². The van der Waals surface area contributed by atoms with E-state index in [2.05, 4.69) is 10.6 Å². The van der Waals surface area contributed by atoms with Crippen molar-refractivity contribution < 1.29 is 14.4 Å². The number of nitrogens with one attached hydrogen (secondary N) is 2. The zero-order valence-electron chi connectivity index (χ0n) is 17.4. The number of carbonyl (C=O) groups is 3. The number of anilines is 1. The summed E-state index contributed by atoms with van der Waals surface area (Å²) < 4.78 is 0. The lowest BCUT2D eigenvalue weighted by molar-refractivity contribution is -0.118. The second kappa shape index (κ2) is 10.1. The van der Waals surface area contributed by atoms with Gasteiger partial charge in [0.05, 0.1) is 0 Å². The standard InChI is InChI=1S/C25H23N3O3S/c29-23-12-5-13-28(23)20-10-4-7-18(15-20)17-26-25(31)22(16-21-11-6-14-32-21)27-24(30)19-8-2-1-3-9-19/h1-4,6-11,14-16H,5,12-13,17H2,(H,26,31)(H,27,30)/b22-16-. The third kappa shape index (κ3) is 5.31. The summed E-state index contributed by atoms with van der Waals surface area (Å²) in [5, 5.41) is 7.52. The molecule has 2 heterocycles. The van der Waals surface area contributed by atoms with E-state index in [-0.39, 0.29) is 30.0 Å². The van der Waals surface area contributed by atoms with Crippen molar-refractivity contribution in [2.45, 2.75) is 19.4 Å². The zero-order chi connectivity index (χ0) is 22.3. The molecule has 3 aromatic rings. The minimum atomic E-state index is -0.384. The fourth-order valence-corrected chi connectivity index (χ4v) is 4.15. The molecule has 162 valence electrons. The predicted molar refractivity (Wildman–Crippen MR) is 126 cm³/mol. The van der Waals surface area contributed by atoms with E-state index in [1.165, 1.54) is 11.3 Å². The van der Waals surface area contributed by atoms with Crippen LogP contribution in [0.15, 0.2) is 77.8 Å². The van der Waals surface area contributed by atoms with Crippen LogP contribution in [0, 0.1) is 0 Å². The lowest BCUT2D eigenvalue weighted by Gasteiger charge is -2.17. The first-order valence-corrected chi connectivity index (χ1v) is 11.3. The molecule has 4 rings (SSSR count). The Kier molecular flexibility index (Phi) is 6.77. The van der Waals surface area contributed by atoms with Crippen molar-refractivity contribution in [2.75, 3.05) is 11.4 Å². The Morgan fingerprint density at radius 1 is 1.03 bits per heavy atom. The molecule has 2 N–H and O–H groups in total. The van der Waals surface area contributed by atoms with Crippen LogP contribution >= 0.6 is 11.3 Å². The molecular formula is C25H23N3O3S. The van der Waals surface area contributed by atoms with E-state index in [9.17, 15) is 14.4 Å². The van der Waals surface area contributed by atoms with Gasteiger partial charge in [0.2, 0.25) is 5.91 Å². The highest BCUT2D eigenvalue weighted by Crippen LogP contribution is 2.22. The Morgan fingerprint density at radius 3 is 2.59 bits per heavy atom. The average Bonchev–Trinajstić information content (AvgIpc) is 3.49. The normalized spacial score (nSPS) is 13.8. The van der Waals surface area contributed by atoms with Crippen LogP contribution < -0.4 is 15.5 Å². The van der Waals surface area contributed by atoms with Gasteiger partial charge in [-0.1, -0.05) is 36.4 Å². The zero-order valence-corrected chi connectivity index (χ0v) is 18.2. The molecule has 0 radical (unpaired) electrons. The quantitative estimate of drug-likeness (QED) is 0.541. The molecule has 3 amide bonds. The summed E-state index contributed by atoms with van der Waals surface area (Å²) in [6.45, 7) is 0.992. The van der Waals surface area contributed by atoms with Crippen molar-refractivity contribution in [1.29, 1.82) is 0 Å². The van der Waals surface area contributed by atoms with Gasteiger partial charge in [-0.05, 0) is 53.8 Å². The van der Waals surface area contributed by atoms with Crippen LogP contribution in [0.5, 0.6) is 0 Å². The van der Waals surface area contributed by atoms with Crippen LogP contribution in [0.3, 0.4) is 0 Å². The van der Waals surface area contributed by atoms with E-state index >= 15 is 0 Å². The van der Waals surface area contributed by atoms with Crippen LogP contribution in [0.1, 0.15) is 33.6 Å². The fraction of sp³-hybridized carbons (Fsp3) is 0.160. The Balaban J connectivity index is 1.47. The summed E-state index contributed by atoms with van der Waals surface area (Å²) >= 11 is 1.48. The summed E-state index contributed by atoms with van der Waals surface area (Å²) in [6, 6.07) is 20.1. The number of hydrogen-bond acceptors (Lipinski definition) is 4. The van der Waals surface area contributed by atoms with Crippen LogP contribution in [0.25, 0.3) is 6.08 Å². The molecule has 0 atom stereocenters. The summed E-state index contributed by atoms with van der Waals surface area (Å²) in [5.74, 6) is -0.612. The second-order valence-corrected chi connectivity index (χ2v) is 8.37. The molecule has 6 nitrogen and oxygen atoms in total. The number of hydrogen-bond donors (Lipinski definition) is 2. The van der Waals surface area contributed by atoms with Crippen molar-refractivity contribution in [2.24, 2.45) is 0 Å². The Morgan fingerprint density at radius 2 is 1.88 bits per heavy atom. The van der Waals surface area contributed by atoms with Gasteiger partial charge in [-0.25, -0.2) is 0 Å². The monoisotopic (exact) mass is 445 g/mol. The molecule has 2 aromatic carbocycles. The third-order valence-electron chi connectivity index (χ3n) is 5.11. The third-order valence-corrected chi connectivity index (χ3v) is 5.93. The molecule has 1 saturated heterocycles. The molecule has 0 spiro atoms. The van der Waals surface area contributed by atoms with E-state index in [1.807, 2.05) is 47.8 Å². The van der Waals surface area contributed by atoms with Crippen molar-refractivity contribution in [3.8, 4) is 0 Å². The predicted octanol–water partition coefficient (Wildman–Crippen LogP) is 3.96. The summed E-state index contributed by atoms with van der Waals surface area (Å²) in [6.07, 6.45) is 3.09.